The monoisotopic (exact) mass is 405 g/mol. The fourth-order valence-electron chi connectivity index (χ4n) is 1.85. The van der Waals surface area contributed by atoms with Crippen molar-refractivity contribution < 1.29 is 4.74 Å². The molecule has 0 atom stereocenters. The van der Waals surface area contributed by atoms with E-state index >= 15 is 0 Å². The van der Waals surface area contributed by atoms with Crippen LogP contribution >= 0.6 is 24.0 Å². The molecule has 120 valence electrons. The highest BCUT2D eigenvalue weighted by molar-refractivity contribution is 14.0. The number of aryl methyl sites for hydroxylation is 1. The molecule has 1 rings (SSSR count). The molecule has 0 spiro atoms. The van der Waals surface area contributed by atoms with Gasteiger partial charge in [0.15, 0.2) is 5.96 Å². The Kier molecular flexibility index (Phi) is 12.4. The lowest BCUT2D eigenvalue weighted by Gasteiger charge is -2.11. The molecular formula is C16H28IN3O. The van der Waals surface area contributed by atoms with Crippen LogP contribution in [0.15, 0.2) is 29.3 Å². The number of rotatable bonds is 8. The molecule has 0 aliphatic carbocycles. The van der Waals surface area contributed by atoms with E-state index in [2.05, 4.69) is 53.7 Å². The van der Waals surface area contributed by atoms with E-state index in [9.17, 15) is 0 Å². The summed E-state index contributed by atoms with van der Waals surface area (Å²) in [6.07, 6.45) is 0.989. The molecule has 1 aromatic rings. The van der Waals surface area contributed by atoms with Crippen LogP contribution in [-0.2, 0) is 11.3 Å². The van der Waals surface area contributed by atoms with Gasteiger partial charge in [-0.3, -0.25) is 0 Å². The van der Waals surface area contributed by atoms with Gasteiger partial charge in [0.1, 0.15) is 0 Å². The third-order valence-electron chi connectivity index (χ3n) is 2.81. The number of nitrogens with zero attached hydrogens (tertiary/aromatic N) is 1. The molecule has 0 aliphatic rings. The van der Waals surface area contributed by atoms with Crippen molar-refractivity contribution in [2.75, 3.05) is 26.3 Å². The molecule has 0 aliphatic heterocycles. The topological polar surface area (TPSA) is 45.7 Å². The molecule has 1 aromatic carbocycles. The zero-order chi connectivity index (χ0) is 14.6. The maximum absolute atomic E-state index is 5.32. The molecule has 0 bridgehead atoms. The van der Waals surface area contributed by atoms with Crippen LogP contribution in [0.3, 0.4) is 0 Å². The first kappa shape index (κ1) is 20.2. The summed E-state index contributed by atoms with van der Waals surface area (Å²) >= 11 is 0. The number of guanidine groups is 1. The summed E-state index contributed by atoms with van der Waals surface area (Å²) in [5, 5.41) is 6.58. The van der Waals surface area contributed by atoms with Crippen molar-refractivity contribution in [3.8, 4) is 0 Å². The van der Waals surface area contributed by atoms with E-state index in [1.165, 1.54) is 11.1 Å². The molecule has 2 N–H and O–H groups in total. The van der Waals surface area contributed by atoms with E-state index in [0.717, 1.165) is 38.7 Å². The number of benzene rings is 1. The van der Waals surface area contributed by atoms with Gasteiger partial charge < -0.3 is 15.4 Å². The third kappa shape index (κ3) is 9.68. The quantitative estimate of drug-likeness (QED) is 0.303. The van der Waals surface area contributed by atoms with Gasteiger partial charge in [-0.25, -0.2) is 4.99 Å². The summed E-state index contributed by atoms with van der Waals surface area (Å²) in [7, 11) is 0. The summed E-state index contributed by atoms with van der Waals surface area (Å²) < 4.78 is 5.32. The molecule has 4 nitrogen and oxygen atoms in total. The normalized spacial score (nSPS) is 10.9. The second kappa shape index (κ2) is 12.9. The maximum Gasteiger partial charge on any atom is 0.191 e. The number of hydrogen-bond donors (Lipinski definition) is 2. The number of nitrogens with one attached hydrogen (secondary N) is 2. The van der Waals surface area contributed by atoms with Gasteiger partial charge in [-0.1, -0.05) is 29.8 Å². The molecule has 0 amide bonds. The molecule has 0 saturated heterocycles. The van der Waals surface area contributed by atoms with Gasteiger partial charge in [0.05, 0.1) is 6.54 Å². The van der Waals surface area contributed by atoms with E-state index in [0.29, 0.717) is 6.54 Å². The highest BCUT2D eigenvalue weighted by atomic mass is 127. The van der Waals surface area contributed by atoms with E-state index in [1.54, 1.807) is 0 Å². The minimum atomic E-state index is 0. The zero-order valence-corrected chi connectivity index (χ0v) is 15.6. The van der Waals surface area contributed by atoms with E-state index in [-0.39, 0.29) is 24.0 Å². The molecule has 5 heteroatoms. The molecule has 21 heavy (non-hydrogen) atoms. The Bertz CT molecular complexity index is 410. The summed E-state index contributed by atoms with van der Waals surface area (Å²) in [5.74, 6) is 0.866. The molecule has 0 saturated carbocycles. The summed E-state index contributed by atoms with van der Waals surface area (Å²) in [5.41, 5.74) is 2.50. The largest absolute Gasteiger partial charge is 0.382 e. The number of aliphatic imine (C=N–C) groups is 1. The highest BCUT2D eigenvalue weighted by Gasteiger charge is 1.97. The lowest BCUT2D eigenvalue weighted by molar-refractivity contribution is 0.145. The predicted molar refractivity (Wildman–Crippen MR) is 101 cm³/mol. The Balaban J connectivity index is 0.00000400. The van der Waals surface area contributed by atoms with Crippen molar-refractivity contribution in [1.29, 1.82) is 0 Å². The minimum Gasteiger partial charge on any atom is -0.382 e. The Labute approximate surface area is 145 Å². The van der Waals surface area contributed by atoms with E-state index < -0.39 is 0 Å². The maximum atomic E-state index is 5.32. The van der Waals surface area contributed by atoms with Crippen LogP contribution in [0, 0.1) is 6.92 Å². The highest BCUT2D eigenvalue weighted by Crippen LogP contribution is 2.04. The van der Waals surface area contributed by atoms with Gasteiger partial charge in [0, 0.05) is 26.3 Å². The van der Waals surface area contributed by atoms with Crippen LogP contribution in [0.5, 0.6) is 0 Å². The Morgan fingerprint density at radius 1 is 1.24 bits per heavy atom. The molecule has 0 unspecified atom stereocenters. The van der Waals surface area contributed by atoms with Crippen LogP contribution in [-0.4, -0.2) is 32.3 Å². The van der Waals surface area contributed by atoms with Gasteiger partial charge in [-0.15, -0.1) is 24.0 Å². The van der Waals surface area contributed by atoms with Gasteiger partial charge in [0.2, 0.25) is 0 Å². The summed E-state index contributed by atoms with van der Waals surface area (Å²) in [4.78, 5) is 4.60. The fourth-order valence-corrected chi connectivity index (χ4v) is 1.85. The average molecular weight is 405 g/mol. The second-order valence-corrected chi connectivity index (χ2v) is 4.66. The second-order valence-electron chi connectivity index (χ2n) is 4.66. The summed E-state index contributed by atoms with van der Waals surface area (Å²) in [6, 6.07) is 8.45. The first-order valence-corrected chi connectivity index (χ1v) is 7.41. The van der Waals surface area contributed by atoms with E-state index in [4.69, 9.17) is 4.74 Å². The molecular weight excluding hydrogens is 377 g/mol. The van der Waals surface area contributed by atoms with Crippen molar-refractivity contribution in [2.24, 2.45) is 4.99 Å². The van der Waals surface area contributed by atoms with Crippen molar-refractivity contribution in [1.82, 2.24) is 10.6 Å². The first-order valence-electron chi connectivity index (χ1n) is 7.41. The van der Waals surface area contributed by atoms with Gasteiger partial charge in [-0.2, -0.15) is 0 Å². The summed E-state index contributed by atoms with van der Waals surface area (Å²) in [6.45, 7) is 10.2. The van der Waals surface area contributed by atoms with Gasteiger partial charge in [0.25, 0.3) is 0 Å². The van der Waals surface area contributed by atoms with Crippen LogP contribution in [0.1, 0.15) is 31.4 Å². The zero-order valence-electron chi connectivity index (χ0n) is 13.3. The Hall–Kier alpha value is -0.820. The lowest BCUT2D eigenvalue weighted by Crippen LogP contribution is -2.38. The lowest BCUT2D eigenvalue weighted by atomic mass is 10.1. The SMILES string of the molecule is CCNC(=NCc1cccc(C)c1)NCCCOCC.I. The first-order chi connectivity index (χ1) is 9.76. The fraction of sp³-hybridized carbons (Fsp3) is 0.562. The molecule has 0 radical (unpaired) electrons. The Morgan fingerprint density at radius 2 is 2.05 bits per heavy atom. The minimum absolute atomic E-state index is 0. The van der Waals surface area contributed by atoms with Crippen molar-refractivity contribution in [2.45, 2.75) is 33.7 Å². The third-order valence-corrected chi connectivity index (χ3v) is 2.81. The predicted octanol–water partition coefficient (Wildman–Crippen LogP) is 3.09. The number of hydrogen-bond acceptors (Lipinski definition) is 2. The molecule has 0 aromatic heterocycles. The number of halogens is 1. The van der Waals surface area contributed by atoms with Crippen LogP contribution in [0.25, 0.3) is 0 Å². The van der Waals surface area contributed by atoms with Crippen LogP contribution in [0.4, 0.5) is 0 Å². The molecule has 0 heterocycles. The van der Waals surface area contributed by atoms with Crippen LogP contribution < -0.4 is 10.6 Å². The average Bonchev–Trinajstić information content (AvgIpc) is 2.44. The van der Waals surface area contributed by atoms with E-state index in [1.807, 2.05) is 6.92 Å². The van der Waals surface area contributed by atoms with Crippen molar-refractivity contribution >= 4 is 29.9 Å². The van der Waals surface area contributed by atoms with Crippen molar-refractivity contribution in [3.05, 3.63) is 35.4 Å². The van der Waals surface area contributed by atoms with Crippen LogP contribution in [0.2, 0.25) is 0 Å². The number of ether oxygens (including phenoxy) is 1. The van der Waals surface area contributed by atoms with Crippen molar-refractivity contribution in [3.63, 3.8) is 0 Å². The Morgan fingerprint density at radius 3 is 2.71 bits per heavy atom. The standard InChI is InChI=1S/C16H27N3O.HI/c1-4-17-16(18-10-7-11-20-5-2)19-13-15-9-6-8-14(3)12-15;/h6,8-9,12H,4-5,7,10-11,13H2,1-3H3,(H2,17,18,19);1H. The van der Waals surface area contributed by atoms with Gasteiger partial charge in [-0.05, 0) is 32.8 Å². The smallest absolute Gasteiger partial charge is 0.191 e. The molecule has 0 fully saturated rings. The van der Waals surface area contributed by atoms with Gasteiger partial charge >= 0.3 is 0 Å².